The smallest absolute Gasteiger partial charge is 0.262 e. The van der Waals surface area contributed by atoms with Crippen molar-refractivity contribution in [3.63, 3.8) is 0 Å². The molecule has 1 aliphatic carbocycles. The first-order chi connectivity index (χ1) is 13.0. The molecular formula is C19H21N3O5. The third-order valence-corrected chi connectivity index (χ3v) is 5.30. The molecule has 1 saturated heterocycles. The van der Waals surface area contributed by atoms with Crippen LogP contribution < -0.4 is 15.4 Å². The van der Waals surface area contributed by atoms with E-state index >= 15 is 0 Å². The van der Waals surface area contributed by atoms with Crippen molar-refractivity contribution < 1.29 is 23.9 Å². The van der Waals surface area contributed by atoms with E-state index < -0.39 is 23.8 Å². The summed E-state index contributed by atoms with van der Waals surface area (Å²) >= 11 is 0. The maximum Gasteiger partial charge on any atom is 0.262 e. The van der Waals surface area contributed by atoms with Gasteiger partial charge in [-0.05, 0) is 44.0 Å². The second-order valence-corrected chi connectivity index (χ2v) is 7.12. The van der Waals surface area contributed by atoms with Gasteiger partial charge in [-0.3, -0.25) is 29.4 Å². The Kier molecular flexibility index (Phi) is 4.43. The van der Waals surface area contributed by atoms with Crippen molar-refractivity contribution in [3.8, 4) is 5.75 Å². The van der Waals surface area contributed by atoms with E-state index in [2.05, 4.69) is 17.6 Å². The number of rotatable bonds is 5. The van der Waals surface area contributed by atoms with Crippen LogP contribution in [0.3, 0.4) is 0 Å². The number of carbonyl (C=O) groups is 4. The minimum Gasteiger partial charge on any atom is -0.490 e. The lowest BCUT2D eigenvalue weighted by molar-refractivity contribution is -0.136. The Morgan fingerprint density at radius 3 is 2.59 bits per heavy atom. The average molecular weight is 371 g/mol. The van der Waals surface area contributed by atoms with Crippen LogP contribution in [-0.4, -0.2) is 53.3 Å². The van der Waals surface area contributed by atoms with Gasteiger partial charge in [-0.2, -0.15) is 0 Å². The number of fused-ring (bicyclic) bond motifs is 1. The number of ether oxygens (including phenoxy) is 1. The van der Waals surface area contributed by atoms with Gasteiger partial charge in [-0.15, -0.1) is 0 Å². The van der Waals surface area contributed by atoms with Crippen LogP contribution in [0.2, 0.25) is 0 Å². The number of carbonyl (C=O) groups excluding carboxylic acids is 4. The lowest BCUT2D eigenvalue weighted by atomic mass is 9.89. The number of hydrogen-bond donors (Lipinski definition) is 2. The number of amides is 4. The summed E-state index contributed by atoms with van der Waals surface area (Å²) < 4.78 is 5.91. The summed E-state index contributed by atoms with van der Waals surface area (Å²) in [5.74, 6) is -1.48. The fourth-order valence-corrected chi connectivity index (χ4v) is 3.83. The van der Waals surface area contributed by atoms with Crippen LogP contribution in [-0.2, 0) is 9.59 Å². The summed E-state index contributed by atoms with van der Waals surface area (Å²) in [6.07, 6.45) is 2.14. The zero-order valence-electron chi connectivity index (χ0n) is 15.0. The van der Waals surface area contributed by atoms with Crippen LogP contribution in [0.5, 0.6) is 5.75 Å². The van der Waals surface area contributed by atoms with Crippen molar-refractivity contribution in [2.45, 2.75) is 50.8 Å². The molecule has 2 aliphatic heterocycles. The van der Waals surface area contributed by atoms with E-state index in [0.29, 0.717) is 11.8 Å². The molecule has 8 heteroatoms. The van der Waals surface area contributed by atoms with Crippen molar-refractivity contribution in [1.82, 2.24) is 15.5 Å². The molecule has 4 amide bonds. The lowest BCUT2D eigenvalue weighted by Crippen LogP contribution is -2.54. The molecule has 27 heavy (non-hydrogen) atoms. The molecule has 1 unspecified atom stereocenters. The van der Waals surface area contributed by atoms with Gasteiger partial charge in [0.25, 0.3) is 11.8 Å². The first-order valence-electron chi connectivity index (χ1n) is 9.23. The Labute approximate surface area is 156 Å². The average Bonchev–Trinajstić information content (AvgIpc) is 2.84. The van der Waals surface area contributed by atoms with Crippen LogP contribution in [0.4, 0.5) is 0 Å². The van der Waals surface area contributed by atoms with Crippen LogP contribution >= 0.6 is 0 Å². The van der Waals surface area contributed by atoms with E-state index in [-0.39, 0.29) is 36.0 Å². The van der Waals surface area contributed by atoms with Gasteiger partial charge in [0.05, 0.1) is 11.1 Å². The third kappa shape index (κ3) is 3.10. The van der Waals surface area contributed by atoms with E-state index in [0.717, 1.165) is 24.3 Å². The van der Waals surface area contributed by atoms with Crippen molar-refractivity contribution >= 4 is 23.6 Å². The molecule has 1 aromatic carbocycles. The Hall–Kier alpha value is -2.74. The maximum absolute atomic E-state index is 12.8. The predicted octanol–water partition coefficient (Wildman–Crippen LogP) is 0.607. The van der Waals surface area contributed by atoms with Crippen molar-refractivity contribution in [3.05, 3.63) is 29.3 Å². The number of hydrogen-bond acceptors (Lipinski definition) is 6. The Bertz CT molecular complexity index is 831. The molecule has 0 radical (unpaired) electrons. The highest BCUT2D eigenvalue weighted by Gasteiger charge is 2.44. The molecule has 1 atom stereocenters. The third-order valence-electron chi connectivity index (χ3n) is 5.30. The molecule has 2 N–H and O–H groups in total. The molecule has 142 valence electrons. The van der Waals surface area contributed by atoms with Gasteiger partial charge in [0.2, 0.25) is 11.8 Å². The molecule has 1 saturated carbocycles. The van der Waals surface area contributed by atoms with E-state index in [4.69, 9.17) is 4.74 Å². The summed E-state index contributed by atoms with van der Waals surface area (Å²) in [5.41, 5.74) is 0.501. The Balaban J connectivity index is 1.49. The maximum atomic E-state index is 12.8. The SMILES string of the molecule is CCNC1CC(Oc2ccc3c(c2)C(=O)N(C2CCC(=O)NC2=O)C3=O)C1. The molecule has 8 nitrogen and oxygen atoms in total. The number of nitrogens with zero attached hydrogens (tertiary/aromatic N) is 1. The first kappa shape index (κ1) is 17.7. The molecular weight excluding hydrogens is 350 g/mol. The van der Waals surface area contributed by atoms with Crippen molar-refractivity contribution in [2.75, 3.05) is 6.54 Å². The van der Waals surface area contributed by atoms with Crippen molar-refractivity contribution in [2.24, 2.45) is 0 Å². The highest BCUT2D eigenvalue weighted by Crippen LogP contribution is 2.32. The molecule has 0 spiro atoms. The molecule has 1 aromatic rings. The summed E-state index contributed by atoms with van der Waals surface area (Å²) in [7, 11) is 0. The molecule has 0 aromatic heterocycles. The molecule has 3 aliphatic rings. The molecule has 0 bridgehead atoms. The second-order valence-electron chi connectivity index (χ2n) is 7.12. The summed E-state index contributed by atoms with van der Waals surface area (Å²) in [6.45, 7) is 2.98. The molecule has 4 rings (SSSR count). The largest absolute Gasteiger partial charge is 0.490 e. The predicted molar refractivity (Wildman–Crippen MR) is 94.2 cm³/mol. The van der Waals surface area contributed by atoms with Gasteiger partial charge >= 0.3 is 0 Å². The summed E-state index contributed by atoms with van der Waals surface area (Å²) in [6, 6.07) is 4.32. The number of nitrogens with one attached hydrogen (secondary N) is 2. The zero-order chi connectivity index (χ0) is 19.1. The van der Waals surface area contributed by atoms with E-state index in [9.17, 15) is 19.2 Å². The Morgan fingerprint density at radius 2 is 1.89 bits per heavy atom. The van der Waals surface area contributed by atoms with Gasteiger partial charge < -0.3 is 10.1 Å². The van der Waals surface area contributed by atoms with Crippen molar-refractivity contribution in [1.29, 1.82) is 0 Å². The fourth-order valence-electron chi connectivity index (χ4n) is 3.83. The van der Waals surface area contributed by atoms with E-state index in [1.807, 2.05) is 0 Å². The lowest BCUT2D eigenvalue weighted by Gasteiger charge is -2.35. The zero-order valence-corrected chi connectivity index (χ0v) is 15.0. The van der Waals surface area contributed by atoms with Gasteiger partial charge in [0, 0.05) is 12.5 Å². The highest BCUT2D eigenvalue weighted by molar-refractivity contribution is 6.23. The monoisotopic (exact) mass is 371 g/mol. The summed E-state index contributed by atoms with van der Waals surface area (Å²) in [5, 5.41) is 5.54. The van der Waals surface area contributed by atoms with Crippen LogP contribution in [0.15, 0.2) is 18.2 Å². The van der Waals surface area contributed by atoms with Gasteiger partial charge in [0.15, 0.2) is 0 Å². The van der Waals surface area contributed by atoms with Crippen LogP contribution in [0.25, 0.3) is 0 Å². The summed E-state index contributed by atoms with van der Waals surface area (Å²) in [4.78, 5) is 49.8. The highest BCUT2D eigenvalue weighted by atomic mass is 16.5. The first-order valence-corrected chi connectivity index (χ1v) is 9.23. The number of piperidine rings is 1. The fraction of sp³-hybridized carbons (Fsp3) is 0.474. The standard InChI is InChI=1S/C19H21N3O5/c1-2-20-10-7-12(8-10)27-11-3-4-13-14(9-11)19(26)22(18(13)25)15-5-6-16(23)21-17(15)24/h3-4,9-10,12,15,20H,2,5-8H2,1H3,(H,21,23,24). The minimum absolute atomic E-state index is 0.0885. The van der Waals surface area contributed by atoms with E-state index in [1.165, 1.54) is 0 Å². The number of imide groups is 2. The second kappa shape index (κ2) is 6.77. The number of benzene rings is 1. The van der Waals surface area contributed by atoms with Gasteiger partial charge in [-0.1, -0.05) is 6.92 Å². The molecule has 2 heterocycles. The van der Waals surface area contributed by atoms with E-state index in [1.54, 1.807) is 18.2 Å². The van der Waals surface area contributed by atoms with Crippen LogP contribution in [0.1, 0.15) is 53.3 Å². The van der Waals surface area contributed by atoms with Gasteiger partial charge in [-0.25, -0.2) is 0 Å². The molecule has 2 fully saturated rings. The van der Waals surface area contributed by atoms with Gasteiger partial charge in [0.1, 0.15) is 17.9 Å². The quantitative estimate of drug-likeness (QED) is 0.735. The van der Waals surface area contributed by atoms with Crippen LogP contribution in [0, 0.1) is 0 Å². The normalized spacial score (nSPS) is 27.3. The Morgan fingerprint density at radius 1 is 1.15 bits per heavy atom. The topological polar surface area (TPSA) is 105 Å². The minimum atomic E-state index is -0.952.